The van der Waals surface area contributed by atoms with E-state index < -0.39 is 35.6 Å². The van der Waals surface area contributed by atoms with Gasteiger partial charge in [-0.05, 0) is 53.6 Å². The van der Waals surface area contributed by atoms with Crippen LogP contribution < -0.4 is 5.32 Å². The zero-order valence-electron chi connectivity index (χ0n) is 17.2. The molecule has 0 spiro atoms. The maximum absolute atomic E-state index is 14.0. The fraction of sp³-hybridized carbons (Fsp3) is 0.125. The number of benzene rings is 3. The molecule has 0 fully saturated rings. The van der Waals surface area contributed by atoms with Crippen LogP contribution in [0.5, 0.6) is 0 Å². The number of methoxy groups -OCH3 is 1. The van der Waals surface area contributed by atoms with Crippen LogP contribution in [0.3, 0.4) is 0 Å². The van der Waals surface area contributed by atoms with Crippen LogP contribution in [0.4, 0.5) is 14.5 Å². The van der Waals surface area contributed by atoms with Gasteiger partial charge in [-0.1, -0.05) is 48.1 Å². The number of ether oxygens (including phenoxy) is 1. The topological polar surface area (TPSA) is 58.6 Å². The molecule has 0 bridgehead atoms. The molecule has 0 radical (unpaired) electrons. The van der Waals surface area contributed by atoms with Gasteiger partial charge in [0.05, 0.1) is 18.4 Å². The molecule has 3 aromatic carbocycles. The second kappa shape index (κ2) is 9.25. The molecule has 1 heterocycles. The van der Waals surface area contributed by atoms with E-state index >= 15 is 0 Å². The SMILES string of the molecule is COC(=O)C(c1ccc(F)cc1)N1C(=O)c2ccc(F)cc2NC(=S)C1c1ccc(Cl)cc1. The van der Waals surface area contributed by atoms with Gasteiger partial charge in [0.2, 0.25) is 0 Å². The number of nitrogens with one attached hydrogen (secondary N) is 1. The van der Waals surface area contributed by atoms with Crippen molar-refractivity contribution in [1.29, 1.82) is 0 Å². The smallest absolute Gasteiger partial charge is 0.333 e. The minimum Gasteiger partial charge on any atom is -0.467 e. The lowest BCUT2D eigenvalue weighted by Crippen LogP contribution is -2.44. The van der Waals surface area contributed by atoms with Crippen LogP contribution in [0.1, 0.15) is 33.6 Å². The number of fused-ring (bicyclic) bond motifs is 1. The standard InChI is InChI=1S/C24H17ClF2N2O3S/c1-32-24(31)21(14-4-8-16(26)9-5-14)29-20(13-2-6-15(25)7-3-13)22(33)28-19-12-17(27)10-11-18(19)23(29)30/h2-12,20-21H,1H3,(H,28,33). The summed E-state index contributed by atoms with van der Waals surface area (Å²) in [6, 6.07) is 13.2. The highest BCUT2D eigenvalue weighted by molar-refractivity contribution is 7.80. The predicted molar refractivity (Wildman–Crippen MR) is 124 cm³/mol. The van der Waals surface area contributed by atoms with E-state index in [-0.39, 0.29) is 16.2 Å². The Balaban J connectivity index is 1.96. The first-order valence-electron chi connectivity index (χ1n) is 9.82. The number of hydrogen-bond acceptors (Lipinski definition) is 4. The Hall–Kier alpha value is -3.36. The van der Waals surface area contributed by atoms with Crippen LogP contribution in [-0.2, 0) is 9.53 Å². The number of carbonyl (C=O) groups excluding carboxylic acids is 2. The number of amides is 1. The molecule has 2 unspecified atom stereocenters. The van der Waals surface area contributed by atoms with Crippen molar-refractivity contribution in [3.8, 4) is 0 Å². The molecule has 3 aromatic rings. The maximum atomic E-state index is 14.0. The third-order valence-corrected chi connectivity index (χ3v) is 5.88. The van der Waals surface area contributed by atoms with E-state index in [4.69, 9.17) is 28.6 Å². The van der Waals surface area contributed by atoms with Crippen LogP contribution in [0.2, 0.25) is 5.02 Å². The van der Waals surface area contributed by atoms with Gasteiger partial charge in [0, 0.05) is 5.02 Å². The van der Waals surface area contributed by atoms with Crippen molar-refractivity contribution in [3.05, 3.63) is 100 Å². The summed E-state index contributed by atoms with van der Waals surface area (Å²) in [6.07, 6.45) is 0. The zero-order valence-corrected chi connectivity index (χ0v) is 18.8. The van der Waals surface area contributed by atoms with Crippen molar-refractivity contribution in [2.24, 2.45) is 0 Å². The number of carbonyl (C=O) groups is 2. The first-order chi connectivity index (χ1) is 15.8. The molecule has 1 aliphatic rings. The Bertz CT molecular complexity index is 1240. The minimum atomic E-state index is -1.26. The highest BCUT2D eigenvalue weighted by Gasteiger charge is 2.42. The minimum absolute atomic E-state index is 0.117. The van der Waals surface area contributed by atoms with Crippen molar-refractivity contribution in [3.63, 3.8) is 0 Å². The van der Waals surface area contributed by atoms with E-state index in [0.29, 0.717) is 16.1 Å². The highest BCUT2D eigenvalue weighted by atomic mass is 35.5. The summed E-state index contributed by atoms with van der Waals surface area (Å²) in [6.45, 7) is 0. The molecular weight excluding hydrogens is 470 g/mol. The van der Waals surface area contributed by atoms with E-state index in [2.05, 4.69) is 5.32 Å². The first kappa shape index (κ1) is 22.8. The number of nitrogens with zero attached hydrogens (tertiary/aromatic N) is 1. The van der Waals surface area contributed by atoms with Crippen molar-refractivity contribution < 1.29 is 23.1 Å². The lowest BCUT2D eigenvalue weighted by atomic mass is 9.98. The Morgan fingerprint density at radius 1 is 1.06 bits per heavy atom. The van der Waals surface area contributed by atoms with Gasteiger partial charge in [-0.15, -0.1) is 0 Å². The lowest BCUT2D eigenvalue weighted by molar-refractivity contribution is -0.146. The highest BCUT2D eigenvalue weighted by Crippen LogP contribution is 2.39. The van der Waals surface area contributed by atoms with Crippen molar-refractivity contribution in [2.45, 2.75) is 12.1 Å². The fourth-order valence-corrected chi connectivity index (χ4v) is 4.27. The Morgan fingerprint density at radius 2 is 1.70 bits per heavy atom. The molecular formula is C24H17ClF2N2O3S. The molecule has 2 atom stereocenters. The van der Waals surface area contributed by atoms with Crippen LogP contribution in [0.15, 0.2) is 66.7 Å². The molecule has 5 nitrogen and oxygen atoms in total. The van der Waals surface area contributed by atoms with Crippen molar-refractivity contribution in [2.75, 3.05) is 12.4 Å². The number of rotatable bonds is 4. The largest absolute Gasteiger partial charge is 0.467 e. The summed E-state index contributed by atoms with van der Waals surface area (Å²) in [7, 11) is 1.19. The van der Waals surface area contributed by atoms with Gasteiger partial charge in [-0.25, -0.2) is 13.6 Å². The maximum Gasteiger partial charge on any atom is 0.333 e. The van der Waals surface area contributed by atoms with Gasteiger partial charge in [0.15, 0.2) is 6.04 Å². The molecule has 33 heavy (non-hydrogen) atoms. The molecule has 0 saturated heterocycles. The third kappa shape index (κ3) is 4.44. The number of hydrogen-bond donors (Lipinski definition) is 1. The summed E-state index contributed by atoms with van der Waals surface area (Å²) in [5.74, 6) is -2.40. The second-order valence-corrected chi connectivity index (χ2v) is 8.20. The molecule has 9 heteroatoms. The number of esters is 1. The molecule has 0 aliphatic carbocycles. The summed E-state index contributed by atoms with van der Waals surface area (Å²) >= 11 is 11.7. The molecule has 1 amide bonds. The van der Waals surface area contributed by atoms with E-state index in [1.54, 1.807) is 24.3 Å². The van der Waals surface area contributed by atoms with Gasteiger partial charge >= 0.3 is 5.97 Å². The quantitative estimate of drug-likeness (QED) is 0.391. The number of anilines is 1. The van der Waals surface area contributed by atoms with Crippen LogP contribution in [0.25, 0.3) is 0 Å². The van der Waals surface area contributed by atoms with Gasteiger partial charge in [0.25, 0.3) is 5.91 Å². The average molecular weight is 487 g/mol. The molecule has 0 saturated carbocycles. The summed E-state index contributed by atoms with van der Waals surface area (Å²) in [4.78, 5) is 28.3. The van der Waals surface area contributed by atoms with Gasteiger partial charge in [-0.2, -0.15) is 0 Å². The summed E-state index contributed by atoms with van der Waals surface area (Å²) in [5.41, 5.74) is 1.18. The van der Waals surface area contributed by atoms with Crippen molar-refractivity contribution >= 4 is 46.4 Å². The van der Waals surface area contributed by atoms with E-state index in [1.165, 1.54) is 42.3 Å². The fourth-order valence-electron chi connectivity index (χ4n) is 3.78. The van der Waals surface area contributed by atoms with Crippen molar-refractivity contribution in [1.82, 2.24) is 4.90 Å². The Kier molecular flexibility index (Phi) is 6.40. The van der Waals surface area contributed by atoms with Gasteiger partial charge in [0.1, 0.15) is 22.7 Å². The van der Waals surface area contributed by atoms with Crippen LogP contribution >= 0.6 is 23.8 Å². The van der Waals surface area contributed by atoms with Crippen LogP contribution in [0, 0.1) is 11.6 Å². The molecule has 4 rings (SSSR count). The lowest BCUT2D eigenvalue weighted by Gasteiger charge is -2.36. The molecule has 1 N–H and O–H groups in total. The predicted octanol–water partition coefficient (Wildman–Crippen LogP) is 5.47. The Labute approximate surface area is 198 Å². The molecule has 168 valence electrons. The first-order valence-corrected chi connectivity index (χ1v) is 10.6. The van der Waals surface area contributed by atoms with E-state index in [9.17, 15) is 18.4 Å². The third-order valence-electron chi connectivity index (χ3n) is 5.31. The molecule has 0 aromatic heterocycles. The monoisotopic (exact) mass is 486 g/mol. The summed E-state index contributed by atoms with van der Waals surface area (Å²) < 4.78 is 32.6. The summed E-state index contributed by atoms with van der Waals surface area (Å²) in [5, 5.41) is 3.41. The Morgan fingerprint density at radius 3 is 2.33 bits per heavy atom. The number of halogens is 3. The number of thiocarbonyl (C=S) groups is 1. The van der Waals surface area contributed by atoms with E-state index in [1.807, 2.05) is 0 Å². The molecule has 1 aliphatic heterocycles. The van der Waals surface area contributed by atoms with Gasteiger partial charge in [-0.3, -0.25) is 4.79 Å². The van der Waals surface area contributed by atoms with E-state index in [0.717, 1.165) is 12.1 Å². The van der Waals surface area contributed by atoms with Crippen LogP contribution in [-0.4, -0.2) is 28.9 Å². The van der Waals surface area contributed by atoms with Gasteiger partial charge < -0.3 is 15.0 Å². The second-order valence-electron chi connectivity index (χ2n) is 7.32. The normalized spacial score (nSPS) is 16.5. The average Bonchev–Trinajstić information content (AvgIpc) is 2.89. The zero-order chi connectivity index (χ0) is 23.7.